The van der Waals surface area contributed by atoms with Crippen LogP contribution >= 0.6 is 0 Å². The highest BCUT2D eigenvalue weighted by molar-refractivity contribution is 5.59. The Labute approximate surface area is 146 Å². The summed E-state index contributed by atoms with van der Waals surface area (Å²) in [6, 6.07) is 6.70. The lowest BCUT2D eigenvalue weighted by atomic mass is 9.77. The number of nitrogens with zero attached hydrogens (tertiary/aromatic N) is 4. The van der Waals surface area contributed by atoms with Crippen LogP contribution in [0.1, 0.15) is 36.3 Å². The third-order valence-corrected chi connectivity index (χ3v) is 4.73. The van der Waals surface area contributed by atoms with Gasteiger partial charge < -0.3 is 10.3 Å². The predicted molar refractivity (Wildman–Crippen MR) is 86.3 cm³/mol. The molecular weight excluding hydrogens is 347 g/mol. The fraction of sp³-hybridized carbons (Fsp3) is 0.353. The van der Waals surface area contributed by atoms with E-state index in [1.54, 1.807) is 31.2 Å². The van der Waals surface area contributed by atoms with Gasteiger partial charge >= 0.3 is 6.18 Å². The molecule has 0 amide bonds. The average Bonchev–Trinajstić information content (AvgIpc) is 3.19. The summed E-state index contributed by atoms with van der Waals surface area (Å²) >= 11 is 0. The molecule has 3 aromatic rings. The first-order chi connectivity index (χ1) is 12.3. The zero-order valence-electron chi connectivity index (χ0n) is 13.9. The standard InChI is InChI=1S/C17H16F3N5O/c1-10-5-2-3-6-12(10)25-13(17(18,19)20)11(9-22-25)14-23-15(24-26-14)16(21)7-4-8-16/h2-3,5-6,9H,4,7-8,21H2,1H3. The van der Waals surface area contributed by atoms with Crippen LogP contribution in [-0.4, -0.2) is 19.9 Å². The maximum absolute atomic E-state index is 13.8. The summed E-state index contributed by atoms with van der Waals surface area (Å²) in [4.78, 5) is 4.12. The number of hydrogen-bond donors (Lipinski definition) is 1. The minimum absolute atomic E-state index is 0.232. The fourth-order valence-corrected chi connectivity index (χ4v) is 3.08. The molecule has 2 aromatic heterocycles. The van der Waals surface area contributed by atoms with Gasteiger partial charge in [-0.3, -0.25) is 0 Å². The lowest BCUT2D eigenvalue weighted by Gasteiger charge is -2.34. The molecule has 9 heteroatoms. The van der Waals surface area contributed by atoms with E-state index in [0.29, 0.717) is 24.1 Å². The first-order valence-electron chi connectivity index (χ1n) is 8.14. The average molecular weight is 363 g/mol. The van der Waals surface area contributed by atoms with Gasteiger partial charge in [-0.2, -0.15) is 23.3 Å². The summed E-state index contributed by atoms with van der Waals surface area (Å²) in [6.07, 6.45) is -1.27. The van der Waals surface area contributed by atoms with Crippen molar-refractivity contribution in [2.75, 3.05) is 0 Å². The molecule has 1 aliphatic carbocycles. The molecule has 0 radical (unpaired) electrons. The maximum atomic E-state index is 13.8. The van der Waals surface area contributed by atoms with Gasteiger partial charge in [0, 0.05) is 0 Å². The Morgan fingerprint density at radius 3 is 2.58 bits per heavy atom. The Bertz CT molecular complexity index is 955. The van der Waals surface area contributed by atoms with Crippen LogP contribution in [0.2, 0.25) is 0 Å². The molecule has 0 aliphatic heterocycles. The van der Waals surface area contributed by atoms with Crippen LogP contribution in [0.15, 0.2) is 35.0 Å². The van der Waals surface area contributed by atoms with E-state index in [-0.39, 0.29) is 17.3 Å². The molecule has 1 aliphatic rings. The normalized spacial score (nSPS) is 16.5. The van der Waals surface area contributed by atoms with E-state index in [4.69, 9.17) is 10.3 Å². The molecule has 0 spiro atoms. The van der Waals surface area contributed by atoms with Crippen LogP contribution in [-0.2, 0) is 11.7 Å². The van der Waals surface area contributed by atoms with Crippen LogP contribution in [0.25, 0.3) is 17.1 Å². The molecule has 0 atom stereocenters. The van der Waals surface area contributed by atoms with Gasteiger partial charge in [0.05, 0.1) is 23.0 Å². The molecule has 1 fully saturated rings. The second-order valence-corrected chi connectivity index (χ2v) is 6.54. The predicted octanol–water partition coefficient (Wildman–Crippen LogP) is 3.59. The second-order valence-electron chi connectivity index (χ2n) is 6.54. The molecule has 136 valence electrons. The first-order valence-corrected chi connectivity index (χ1v) is 8.14. The highest BCUT2D eigenvalue weighted by atomic mass is 19.4. The number of aryl methyl sites for hydroxylation is 1. The summed E-state index contributed by atoms with van der Waals surface area (Å²) in [7, 11) is 0. The van der Waals surface area contributed by atoms with Crippen molar-refractivity contribution in [2.24, 2.45) is 5.73 Å². The number of rotatable bonds is 3. The quantitative estimate of drug-likeness (QED) is 0.769. The topological polar surface area (TPSA) is 82.8 Å². The molecule has 26 heavy (non-hydrogen) atoms. The Morgan fingerprint density at radius 1 is 1.23 bits per heavy atom. The summed E-state index contributed by atoms with van der Waals surface area (Å²) < 4.78 is 47.3. The largest absolute Gasteiger partial charge is 0.434 e. The minimum Gasteiger partial charge on any atom is -0.334 e. The third-order valence-electron chi connectivity index (χ3n) is 4.73. The van der Waals surface area contributed by atoms with E-state index in [0.717, 1.165) is 17.3 Å². The lowest BCUT2D eigenvalue weighted by Crippen LogP contribution is -2.44. The van der Waals surface area contributed by atoms with Crippen molar-refractivity contribution in [1.82, 2.24) is 19.9 Å². The van der Waals surface area contributed by atoms with Crippen LogP contribution in [0, 0.1) is 6.92 Å². The SMILES string of the molecule is Cc1ccccc1-n1ncc(-c2nc(C3(N)CCC3)no2)c1C(F)(F)F. The van der Waals surface area contributed by atoms with Crippen molar-refractivity contribution >= 4 is 0 Å². The van der Waals surface area contributed by atoms with Gasteiger partial charge in [-0.05, 0) is 37.8 Å². The Hall–Kier alpha value is -2.68. The lowest BCUT2D eigenvalue weighted by molar-refractivity contribution is -0.142. The summed E-state index contributed by atoms with van der Waals surface area (Å²) in [6.45, 7) is 1.72. The molecular formula is C17H16F3N5O. The highest BCUT2D eigenvalue weighted by Gasteiger charge is 2.43. The summed E-state index contributed by atoms with van der Waals surface area (Å²) in [5, 5.41) is 7.73. The van der Waals surface area contributed by atoms with Crippen LogP contribution in [0.4, 0.5) is 13.2 Å². The van der Waals surface area contributed by atoms with E-state index < -0.39 is 17.4 Å². The van der Waals surface area contributed by atoms with Gasteiger partial charge in [0.2, 0.25) is 0 Å². The number of benzene rings is 1. The maximum Gasteiger partial charge on any atom is 0.434 e. The van der Waals surface area contributed by atoms with Gasteiger partial charge in [0.1, 0.15) is 0 Å². The molecule has 0 saturated heterocycles. The number of aromatic nitrogens is 4. The highest BCUT2D eigenvalue weighted by Crippen LogP contribution is 2.41. The number of halogens is 3. The molecule has 2 heterocycles. The monoisotopic (exact) mass is 363 g/mol. The minimum atomic E-state index is -4.65. The van der Waals surface area contributed by atoms with Crippen molar-refractivity contribution in [3.8, 4) is 17.1 Å². The summed E-state index contributed by atoms with van der Waals surface area (Å²) in [5.74, 6) is -0.000555. The van der Waals surface area contributed by atoms with Crippen LogP contribution in [0.3, 0.4) is 0 Å². The van der Waals surface area contributed by atoms with Gasteiger partial charge in [-0.15, -0.1) is 0 Å². The van der Waals surface area contributed by atoms with E-state index in [9.17, 15) is 13.2 Å². The Kier molecular flexibility index (Phi) is 3.65. The molecule has 6 nitrogen and oxygen atoms in total. The Balaban J connectivity index is 1.84. The fourth-order valence-electron chi connectivity index (χ4n) is 3.08. The van der Waals surface area contributed by atoms with Crippen molar-refractivity contribution in [2.45, 2.75) is 37.9 Å². The van der Waals surface area contributed by atoms with Crippen LogP contribution < -0.4 is 5.73 Å². The van der Waals surface area contributed by atoms with E-state index >= 15 is 0 Å². The molecule has 0 bridgehead atoms. The van der Waals surface area contributed by atoms with Gasteiger partial charge in [0.25, 0.3) is 5.89 Å². The number of nitrogens with two attached hydrogens (primary N) is 1. The molecule has 4 rings (SSSR count). The van der Waals surface area contributed by atoms with Crippen molar-refractivity contribution in [3.63, 3.8) is 0 Å². The first kappa shape index (κ1) is 16.8. The van der Waals surface area contributed by atoms with Crippen molar-refractivity contribution in [1.29, 1.82) is 0 Å². The number of para-hydroxylation sites is 1. The van der Waals surface area contributed by atoms with Crippen molar-refractivity contribution in [3.05, 3.63) is 47.5 Å². The van der Waals surface area contributed by atoms with Gasteiger partial charge in [0.15, 0.2) is 11.5 Å². The molecule has 2 N–H and O–H groups in total. The smallest absolute Gasteiger partial charge is 0.334 e. The third kappa shape index (κ3) is 2.59. The van der Waals surface area contributed by atoms with E-state index in [2.05, 4.69) is 15.2 Å². The molecule has 1 aromatic carbocycles. The number of hydrogen-bond acceptors (Lipinski definition) is 5. The second kappa shape index (κ2) is 5.66. The van der Waals surface area contributed by atoms with Gasteiger partial charge in [-0.1, -0.05) is 23.4 Å². The van der Waals surface area contributed by atoms with Gasteiger partial charge in [-0.25, -0.2) is 4.68 Å². The molecule has 1 saturated carbocycles. The van der Waals surface area contributed by atoms with E-state index in [1.807, 2.05) is 0 Å². The van der Waals surface area contributed by atoms with E-state index in [1.165, 1.54) is 0 Å². The molecule has 0 unspecified atom stereocenters. The number of alkyl halides is 3. The Morgan fingerprint density at radius 2 is 1.96 bits per heavy atom. The summed E-state index contributed by atoms with van der Waals surface area (Å²) in [5.41, 5.74) is 5.19. The van der Waals surface area contributed by atoms with Crippen LogP contribution in [0.5, 0.6) is 0 Å². The zero-order valence-corrected chi connectivity index (χ0v) is 13.9. The zero-order chi connectivity index (χ0) is 18.5. The van der Waals surface area contributed by atoms with Crippen molar-refractivity contribution < 1.29 is 17.7 Å².